The van der Waals surface area contributed by atoms with Crippen LogP contribution in [0.4, 0.5) is 0 Å². The van der Waals surface area contributed by atoms with Crippen LogP contribution in [0, 0.1) is 0 Å². The van der Waals surface area contributed by atoms with Gasteiger partial charge in [-0.25, -0.2) is 0 Å². The van der Waals surface area contributed by atoms with Gasteiger partial charge in [0, 0.05) is 23.3 Å². The van der Waals surface area contributed by atoms with E-state index in [4.69, 9.17) is 0 Å². The van der Waals surface area contributed by atoms with Crippen molar-refractivity contribution >= 4 is 16.4 Å². The van der Waals surface area contributed by atoms with Crippen molar-refractivity contribution in [2.45, 2.75) is 0 Å². The lowest BCUT2D eigenvalue weighted by Gasteiger charge is -1.97. The predicted molar refractivity (Wildman–Crippen MR) is 72.5 cm³/mol. The number of nitrogens with one attached hydrogen (secondary N) is 1. The Kier molecular flexibility index (Phi) is 1.83. The van der Waals surface area contributed by atoms with Crippen molar-refractivity contribution in [3.63, 3.8) is 0 Å². The molecule has 4 aromatic rings. The molecule has 0 bridgehead atoms. The molecule has 0 aliphatic heterocycles. The standard InChI is InChI=1S/C15H11N3/c1-2-6-13-11(5-1)15(17-16-13)12-8-10-18-9-4-3-7-14(12)18/h1-10H,(H,16,17). The molecule has 3 nitrogen and oxygen atoms in total. The fourth-order valence-electron chi connectivity index (χ4n) is 2.42. The van der Waals surface area contributed by atoms with Crippen LogP contribution in [0.3, 0.4) is 0 Å². The first-order valence-electron chi connectivity index (χ1n) is 5.93. The van der Waals surface area contributed by atoms with Crippen molar-refractivity contribution in [2.75, 3.05) is 0 Å². The molecule has 3 heteroatoms. The molecule has 0 spiro atoms. The maximum Gasteiger partial charge on any atom is 0.102 e. The highest BCUT2D eigenvalue weighted by molar-refractivity contribution is 5.97. The summed E-state index contributed by atoms with van der Waals surface area (Å²) in [4.78, 5) is 0. The number of aromatic nitrogens is 3. The van der Waals surface area contributed by atoms with E-state index in [1.54, 1.807) is 0 Å². The van der Waals surface area contributed by atoms with Crippen molar-refractivity contribution < 1.29 is 0 Å². The van der Waals surface area contributed by atoms with Crippen LogP contribution in [-0.2, 0) is 0 Å². The van der Waals surface area contributed by atoms with Gasteiger partial charge in [0.25, 0.3) is 0 Å². The first-order valence-corrected chi connectivity index (χ1v) is 5.93. The SMILES string of the molecule is c1ccc2c(-c3ccn4ccccc34)n[nH]c2c1. The minimum Gasteiger partial charge on any atom is -0.323 e. The second-order valence-corrected chi connectivity index (χ2v) is 4.34. The Hall–Kier alpha value is -2.55. The summed E-state index contributed by atoms with van der Waals surface area (Å²) in [5.41, 5.74) is 4.42. The Labute approximate surface area is 104 Å². The number of fused-ring (bicyclic) bond motifs is 2. The van der Waals surface area contributed by atoms with Crippen molar-refractivity contribution in [3.8, 4) is 11.3 Å². The maximum atomic E-state index is 4.45. The van der Waals surface area contributed by atoms with Gasteiger partial charge in [-0.15, -0.1) is 0 Å². The van der Waals surface area contributed by atoms with Crippen LogP contribution < -0.4 is 0 Å². The zero-order chi connectivity index (χ0) is 11.9. The van der Waals surface area contributed by atoms with Gasteiger partial charge in [-0.1, -0.05) is 24.3 Å². The maximum absolute atomic E-state index is 4.45. The molecule has 0 unspecified atom stereocenters. The van der Waals surface area contributed by atoms with Crippen LogP contribution in [0.25, 0.3) is 27.7 Å². The highest BCUT2D eigenvalue weighted by Crippen LogP contribution is 2.29. The van der Waals surface area contributed by atoms with Crippen molar-refractivity contribution in [1.29, 1.82) is 0 Å². The fourth-order valence-corrected chi connectivity index (χ4v) is 2.42. The topological polar surface area (TPSA) is 33.1 Å². The van der Waals surface area contributed by atoms with Gasteiger partial charge >= 0.3 is 0 Å². The van der Waals surface area contributed by atoms with Gasteiger partial charge < -0.3 is 4.40 Å². The molecule has 0 fully saturated rings. The Morgan fingerprint density at radius 2 is 1.78 bits per heavy atom. The van der Waals surface area contributed by atoms with Gasteiger partial charge in [0.1, 0.15) is 5.69 Å². The number of hydrogen-bond acceptors (Lipinski definition) is 1. The summed E-state index contributed by atoms with van der Waals surface area (Å²) in [5.74, 6) is 0. The molecular formula is C15H11N3. The molecule has 86 valence electrons. The van der Waals surface area contributed by atoms with Gasteiger partial charge in [-0.05, 0) is 24.3 Å². The van der Waals surface area contributed by atoms with Crippen LogP contribution in [-0.4, -0.2) is 14.6 Å². The van der Waals surface area contributed by atoms with E-state index in [1.807, 2.05) is 36.5 Å². The second-order valence-electron chi connectivity index (χ2n) is 4.34. The second kappa shape index (κ2) is 3.47. The lowest BCUT2D eigenvalue weighted by atomic mass is 10.1. The Morgan fingerprint density at radius 3 is 2.78 bits per heavy atom. The summed E-state index contributed by atoms with van der Waals surface area (Å²) in [5, 5.41) is 8.69. The summed E-state index contributed by atoms with van der Waals surface area (Å²) in [6, 6.07) is 16.5. The average molecular weight is 233 g/mol. The molecule has 0 atom stereocenters. The predicted octanol–water partition coefficient (Wildman–Crippen LogP) is 3.48. The van der Waals surface area contributed by atoms with Crippen molar-refractivity contribution in [1.82, 2.24) is 14.6 Å². The van der Waals surface area contributed by atoms with Gasteiger partial charge in [-0.2, -0.15) is 5.10 Å². The summed E-state index contributed by atoms with van der Waals surface area (Å²) in [7, 11) is 0. The molecule has 1 aromatic carbocycles. The van der Waals surface area contributed by atoms with Crippen LogP contribution >= 0.6 is 0 Å². The Balaban J connectivity index is 2.08. The van der Waals surface area contributed by atoms with E-state index < -0.39 is 0 Å². The molecule has 18 heavy (non-hydrogen) atoms. The Bertz CT molecular complexity index is 767. The number of aromatic amines is 1. The van der Waals surface area contributed by atoms with Gasteiger partial charge in [0.05, 0.1) is 11.0 Å². The zero-order valence-corrected chi connectivity index (χ0v) is 9.67. The normalized spacial score (nSPS) is 11.3. The minimum absolute atomic E-state index is 1.01. The molecule has 3 heterocycles. The summed E-state index contributed by atoms with van der Waals surface area (Å²) < 4.78 is 2.11. The van der Waals surface area contributed by atoms with E-state index in [0.717, 1.165) is 22.2 Å². The van der Waals surface area contributed by atoms with E-state index in [9.17, 15) is 0 Å². The third-order valence-corrected chi connectivity index (χ3v) is 3.29. The number of benzene rings is 1. The van der Waals surface area contributed by atoms with Gasteiger partial charge in [-0.3, -0.25) is 5.10 Å². The van der Waals surface area contributed by atoms with Crippen molar-refractivity contribution in [2.24, 2.45) is 0 Å². The average Bonchev–Trinajstić information content (AvgIpc) is 3.01. The highest BCUT2D eigenvalue weighted by Gasteiger charge is 2.11. The fraction of sp³-hybridized carbons (Fsp3) is 0. The van der Waals surface area contributed by atoms with Crippen LogP contribution in [0.15, 0.2) is 60.9 Å². The molecule has 1 N–H and O–H groups in total. The van der Waals surface area contributed by atoms with E-state index in [0.29, 0.717) is 0 Å². The Morgan fingerprint density at radius 1 is 0.889 bits per heavy atom. The zero-order valence-electron chi connectivity index (χ0n) is 9.67. The van der Waals surface area contributed by atoms with Gasteiger partial charge in [0.15, 0.2) is 0 Å². The highest BCUT2D eigenvalue weighted by atomic mass is 15.1. The molecular weight excluding hydrogens is 222 g/mol. The number of H-pyrrole nitrogens is 1. The molecule has 0 radical (unpaired) electrons. The quantitative estimate of drug-likeness (QED) is 0.536. The summed E-state index contributed by atoms with van der Waals surface area (Å²) >= 11 is 0. The minimum atomic E-state index is 1.01. The van der Waals surface area contributed by atoms with Gasteiger partial charge in [0.2, 0.25) is 0 Å². The lowest BCUT2D eigenvalue weighted by Crippen LogP contribution is -1.81. The number of pyridine rings is 1. The number of nitrogens with zero attached hydrogens (tertiary/aromatic N) is 2. The molecule has 0 aliphatic rings. The monoisotopic (exact) mass is 233 g/mol. The third-order valence-electron chi connectivity index (χ3n) is 3.29. The smallest absolute Gasteiger partial charge is 0.102 e. The number of hydrogen-bond donors (Lipinski definition) is 1. The van der Waals surface area contributed by atoms with E-state index in [1.165, 1.54) is 5.52 Å². The third kappa shape index (κ3) is 1.21. The number of rotatable bonds is 1. The van der Waals surface area contributed by atoms with Crippen LogP contribution in [0.2, 0.25) is 0 Å². The molecule has 0 saturated carbocycles. The molecule has 0 amide bonds. The summed E-state index contributed by atoms with van der Waals surface area (Å²) in [6.45, 7) is 0. The van der Waals surface area contributed by atoms with Crippen LogP contribution in [0.5, 0.6) is 0 Å². The lowest BCUT2D eigenvalue weighted by molar-refractivity contribution is 1.12. The van der Waals surface area contributed by atoms with Crippen LogP contribution in [0.1, 0.15) is 0 Å². The first kappa shape index (κ1) is 9.48. The van der Waals surface area contributed by atoms with E-state index in [-0.39, 0.29) is 0 Å². The molecule has 0 aliphatic carbocycles. The molecule has 0 saturated heterocycles. The molecule has 3 aromatic heterocycles. The largest absolute Gasteiger partial charge is 0.323 e. The first-order chi connectivity index (χ1) is 8.93. The van der Waals surface area contributed by atoms with E-state index in [2.05, 4.69) is 39.0 Å². The summed E-state index contributed by atoms with van der Waals surface area (Å²) in [6.07, 6.45) is 4.11. The van der Waals surface area contributed by atoms with Crippen molar-refractivity contribution in [3.05, 3.63) is 60.9 Å². The number of para-hydroxylation sites is 1. The van der Waals surface area contributed by atoms with E-state index >= 15 is 0 Å². The molecule has 4 rings (SSSR count).